The Hall–Kier alpha value is -2.97. The number of para-hydroxylation sites is 1. The molecule has 4 aromatic rings. The van der Waals surface area contributed by atoms with Crippen LogP contribution in [-0.2, 0) is 16.6 Å². The van der Waals surface area contributed by atoms with E-state index in [0.717, 1.165) is 10.6 Å². The molecule has 3 aromatic carbocycles. The zero-order valence-electron chi connectivity index (χ0n) is 17.1. The van der Waals surface area contributed by atoms with Crippen LogP contribution in [0.2, 0.25) is 0 Å². The molecule has 1 atom stereocenters. The van der Waals surface area contributed by atoms with E-state index in [1.807, 2.05) is 0 Å². The van der Waals surface area contributed by atoms with Crippen molar-refractivity contribution in [1.29, 1.82) is 0 Å². The minimum absolute atomic E-state index is 0.0170. The second-order valence-corrected chi connectivity index (χ2v) is 9.92. The summed E-state index contributed by atoms with van der Waals surface area (Å²) < 4.78 is 55.5. The van der Waals surface area contributed by atoms with Gasteiger partial charge in [-0.2, -0.15) is 0 Å². The zero-order chi connectivity index (χ0) is 22.4. The van der Waals surface area contributed by atoms with E-state index >= 15 is 0 Å². The molecule has 0 saturated carbocycles. The number of anilines is 1. The summed E-state index contributed by atoms with van der Waals surface area (Å²) in [6.07, 6.45) is 1.09. The third-order valence-electron chi connectivity index (χ3n) is 5.22. The van der Waals surface area contributed by atoms with E-state index in [1.165, 1.54) is 24.3 Å². The maximum Gasteiger partial charge on any atom is 0.232 e. The highest BCUT2D eigenvalue weighted by Crippen LogP contribution is 2.32. The Balaban J connectivity index is 1.78. The Labute approximate surface area is 179 Å². The van der Waals surface area contributed by atoms with Crippen molar-refractivity contribution < 1.29 is 22.3 Å². The van der Waals surface area contributed by atoms with Crippen LogP contribution in [0, 0.1) is 11.6 Å². The molecule has 0 aliphatic rings. The molecule has 1 unspecified atom stereocenters. The molecule has 8 heteroatoms. The van der Waals surface area contributed by atoms with E-state index in [-0.39, 0.29) is 13.1 Å². The third-order valence-corrected chi connectivity index (χ3v) is 6.36. The summed E-state index contributed by atoms with van der Waals surface area (Å²) in [7, 11) is -3.66. The molecule has 0 amide bonds. The first-order chi connectivity index (χ1) is 14.5. The fourth-order valence-electron chi connectivity index (χ4n) is 3.91. The molecular weight excluding hydrogens is 422 g/mol. The Morgan fingerprint density at radius 1 is 0.935 bits per heavy atom. The lowest BCUT2D eigenvalue weighted by atomic mass is 10.1. The number of nitrogens with zero attached hydrogens (tertiary/aromatic N) is 2. The predicted octanol–water partition coefficient (Wildman–Crippen LogP) is 4.29. The smallest absolute Gasteiger partial charge is 0.232 e. The van der Waals surface area contributed by atoms with E-state index < -0.39 is 27.3 Å². The molecule has 0 saturated heterocycles. The summed E-state index contributed by atoms with van der Waals surface area (Å²) in [5.41, 5.74) is 0.193. The van der Waals surface area contributed by atoms with Crippen molar-refractivity contribution in [2.24, 2.45) is 0 Å². The largest absolute Gasteiger partial charge is 0.386 e. The first-order valence-electron chi connectivity index (χ1n) is 9.67. The molecule has 5 nitrogen and oxygen atoms in total. The maximum atomic E-state index is 13.9. The van der Waals surface area contributed by atoms with Gasteiger partial charge < -0.3 is 9.67 Å². The minimum Gasteiger partial charge on any atom is -0.386 e. The summed E-state index contributed by atoms with van der Waals surface area (Å²) in [6.45, 7) is 1.36. The molecular formula is C23H22F2N2O3S. The lowest BCUT2D eigenvalue weighted by Gasteiger charge is -2.32. The lowest BCUT2D eigenvalue weighted by molar-refractivity contribution is 0.0542. The van der Waals surface area contributed by atoms with E-state index in [1.54, 1.807) is 54.0 Å². The van der Waals surface area contributed by atoms with Crippen molar-refractivity contribution in [3.8, 4) is 0 Å². The van der Waals surface area contributed by atoms with Crippen LogP contribution in [0.15, 0.2) is 66.7 Å². The quantitative estimate of drug-likeness (QED) is 0.483. The molecule has 0 aliphatic heterocycles. The van der Waals surface area contributed by atoms with E-state index in [4.69, 9.17) is 0 Å². The first kappa shape index (κ1) is 21.3. The highest BCUT2D eigenvalue weighted by atomic mass is 32.2. The SMILES string of the molecule is CC(O)(CN(c1ccccc1)S(C)(=O)=O)Cn1c2ccc(F)cc2c2cc(F)ccc21. The number of hydrogen-bond acceptors (Lipinski definition) is 3. The fourth-order valence-corrected chi connectivity index (χ4v) is 4.93. The van der Waals surface area contributed by atoms with Crippen LogP contribution in [0.1, 0.15) is 6.92 Å². The van der Waals surface area contributed by atoms with Crippen molar-refractivity contribution in [3.05, 3.63) is 78.4 Å². The number of sulfonamides is 1. The molecule has 4 rings (SSSR count). The molecule has 162 valence electrons. The number of aromatic nitrogens is 1. The molecule has 1 aromatic heterocycles. The van der Waals surface area contributed by atoms with Gasteiger partial charge in [-0.1, -0.05) is 18.2 Å². The summed E-state index contributed by atoms with van der Waals surface area (Å²) >= 11 is 0. The fraction of sp³-hybridized carbons (Fsp3) is 0.217. The van der Waals surface area contributed by atoms with E-state index in [2.05, 4.69) is 0 Å². The van der Waals surface area contributed by atoms with E-state index in [0.29, 0.717) is 27.5 Å². The first-order valence-corrected chi connectivity index (χ1v) is 11.5. The summed E-state index contributed by atoms with van der Waals surface area (Å²) in [6, 6.07) is 16.9. The highest BCUT2D eigenvalue weighted by Gasteiger charge is 2.31. The van der Waals surface area contributed by atoms with Crippen molar-refractivity contribution in [2.45, 2.75) is 19.1 Å². The molecule has 0 fully saturated rings. The normalized spacial score (nSPS) is 14.1. The zero-order valence-corrected chi connectivity index (χ0v) is 17.9. The summed E-state index contributed by atoms with van der Waals surface area (Å²) in [4.78, 5) is 0. The standard InChI is InChI=1S/C23H22F2N2O3S/c1-23(28,15-27(31(2,29)30)18-6-4-3-5-7-18)14-26-21-10-8-16(24)12-19(21)20-13-17(25)9-11-22(20)26/h3-13,28H,14-15H2,1-2H3. The molecule has 0 radical (unpaired) electrons. The van der Waals surface area contributed by atoms with Crippen LogP contribution in [0.5, 0.6) is 0 Å². The number of rotatable bonds is 6. The van der Waals surface area contributed by atoms with Crippen LogP contribution in [0.3, 0.4) is 0 Å². The Morgan fingerprint density at radius 3 is 1.94 bits per heavy atom. The van der Waals surface area contributed by atoms with Crippen LogP contribution < -0.4 is 4.31 Å². The number of fused-ring (bicyclic) bond motifs is 3. The third kappa shape index (κ3) is 4.26. The van der Waals surface area contributed by atoms with Gasteiger partial charge in [-0.15, -0.1) is 0 Å². The van der Waals surface area contributed by atoms with Crippen LogP contribution in [0.25, 0.3) is 21.8 Å². The molecule has 0 aliphatic carbocycles. The van der Waals surface area contributed by atoms with Gasteiger partial charge in [0.2, 0.25) is 10.0 Å². The van der Waals surface area contributed by atoms with Gasteiger partial charge in [0.1, 0.15) is 11.6 Å². The Bertz CT molecular complexity index is 1310. The monoisotopic (exact) mass is 444 g/mol. The molecule has 31 heavy (non-hydrogen) atoms. The second kappa shape index (κ2) is 7.62. The van der Waals surface area contributed by atoms with Gasteiger partial charge in [-0.05, 0) is 55.5 Å². The van der Waals surface area contributed by atoms with Gasteiger partial charge in [0.15, 0.2) is 0 Å². The molecule has 0 bridgehead atoms. The second-order valence-electron chi connectivity index (χ2n) is 8.01. The Morgan fingerprint density at radius 2 is 1.45 bits per heavy atom. The number of hydrogen-bond donors (Lipinski definition) is 1. The number of aliphatic hydroxyl groups is 1. The van der Waals surface area contributed by atoms with Crippen LogP contribution >= 0.6 is 0 Å². The minimum atomic E-state index is -3.66. The van der Waals surface area contributed by atoms with Gasteiger partial charge in [0, 0.05) is 21.8 Å². The maximum absolute atomic E-state index is 13.9. The van der Waals surface area contributed by atoms with Crippen LogP contribution in [-0.4, -0.2) is 36.5 Å². The lowest BCUT2D eigenvalue weighted by Crippen LogP contribution is -2.46. The molecule has 1 N–H and O–H groups in total. The molecule has 1 heterocycles. The average molecular weight is 445 g/mol. The average Bonchev–Trinajstić information content (AvgIpc) is 2.98. The Kier molecular flexibility index (Phi) is 5.23. The molecule has 0 spiro atoms. The number of halogens is 2. The van der Waals surface area contributed by atoms with Crippen molar-refractivity contribution in [1.82, 2.24) is 4.57 Å². The van der Waals surface area contributed by atoms with Crippen molar-refractivity contribution in [2.75, 3.05) is 17.1 Å². The number of benzene rings is 3. The van der Waals surface area contributed by atoms with E-state index in [9.17, 15) is 22.3 Å². The van der Waals surface area contributed by atoms with Gasteiger partial charge in [0.05, 0.1) is 30.6 Å². The van der Waals surface area contributed by atoms with Crippen molar-refractivity contribution in [3.63, 3.8) is 0 Å². The topological polar surface area (TPSA) is 62.5 Å². The van der Waals surface area contributed by atoms with Gasteiger partial charge in [-0.3, -0.25) is 4.31 Å². The van der Waals surface area contributed by atoms with Crippen LogP contribution in [0.4, 0.5) is 14.5 Å². The van der Waals surface area contributed by atoms with Crippen molar-refractivity contribution >= 4 is 37.5 Å². The predicted molar refractivity (Wildman–Crippen MR) is 119 cm³/mol. The van der Waals surface area contributed by atoms with Gasteiger partial charge in [-0.25, -0.2) is 17.2 Å². The summed E-state index contributed by atoms with van der Waals surface area (Å²) in [5.74, 6) is -0.898. The summed E-state index contributed by atoms with van der Waals surface area (Å²) in [5, 5.41) is 12.3. The van der Waals surface area contributed by atoms with Gasteiger partial charge in [0.25, 0.3) is 0 Å². The van der Waals surface area contributed by atoms with Gasteiger partial charge >= 0.3 is 0 Å². The highest BCUT2D eigenvalue weighted by molar-refractivity contribution is 7.92.